The fourth-order valence-electron chi connectivity index (χ4n) is 6.02. The number of anilines is 1. The summed E-state index contributed by atoms with van der Waals surface area (Å²) in [6.07, 6.45) is 5.90. The van der Waals surface area contributed by atoms with Crippen molar-refractivity contribution in [3.8, 4) is 5.75 Å². The monoisotopic (exact) mass is 556 g/mol. The van der Waals surface area contributed by atoms with Crippen LogP contribution < -0.4 is 26.2 Å². The van der Waals surface area contributed by atoms with E-state index in [4.69, 9.17) is 10.5 Å². The van der Waals surface area contributed by atoms with Crippen molar-refractivity contribution in [3.63, 3.8) is 0 Å². The second kappa shape index (κ2) is 11.4. The fourth-order valence-corrected chi connectivity index (χ4v) is 6.02. The summed E-state index contributed by atoms with van der Waals surface area (Å²) in [5.74, 6) is 0.486. The summed E-state index contributed by atoms with van der Waals surface area (Å²) in [4.78, 5) is 26.7. The summed E-state index contributed by atoms with van der Waals surface area (Å²) in [5, 5.41) is 7.82. The van der Waals surface area contributed by atoms with Crippen molar-refractivity contribution in [2.24, 2.45) is 11.1 Å². The summed E-state index contributed by atoms with van der Waals surface area (Å²) in [5.41, 5.74) is 10.5. The number of carbonyl (C=O) groups is 2. The quantitative estimate of drug-likeness (QED) is 0.298. The molecule has 0 fully saturated rings. The highest BCUT2D eigenvalue weighted by atomic mass is 16.5. The van der Waals surface area contributed by atoms with Crippen LogP contribution in [-0.2, 0) is 17.6 Å². The second-order valence-electron chi connectivity index (χ2n) is 11.9. The van der Waals surface area contributed by atoms with Crippen LogP contribution in [0.1, 0.15) is 48.2 Å². The molecule has 2 aliphatic carbocycles. The standard InChI is InChI=1S/C37H36N2O3/c1-37(2,23-42-27-10-4-3-5-11-27)35(38)36(41)39-26-18-15-25(16-19-26)34(40)33-14-8-13-29-31-20-17-24-9-6-7-12-28(24)30(31)21-22-32(29)33/h3-7,9-12,15-19,21-22,35H,8,13-14,20,23,38H2,1-2H3,(H,39,41). The second-order valence-corrected chi connectivity index (χ2v) is 11.9. The van der Waals surface area contributed by atoms with Crippen molar-refractivity contribution in [1.29, 1.82) is 0 Å². The number of ether oxygens (including phenoxy) is 1. The summed E-state index contributed by atoms with van der Waals surface area (Å²) in [6.45, 7) is 4.12. The Balaban J connectivity index is 1.20. The van der Waals surface area contributed by atoms with E-state index >= 15 is 0 Å². The summed E-state index contributed by atoms with van der Waals surface area (Å²) < 4.78 is 5.86. The Hall–Kier alpha value is -4.48. The van der Waals surface area contributed by atoms with Gasteiger partial charge >= 0.3 is 0 Å². The molecule has 4 aromatic rings. The Labute approximate surface area is 246 Å². The molecule has 5 nitrogen and oxygen atoms in total. The van der Waals surface area contributed by atoms with E-state index in [0.29, 0.717) is 17.9 Å². The van der Waals surface area contributed by atoms with E-state index < -0.39 is 11.5 Å². The van der Waals surface area contributed by atoms with Gasteiger partial charge in [-0.1, -0.05) is 74.5 Å². The number of nitrogens with two attached hydrogens (primary N) is 1. The van der Waals surface area contributed by atoms with Crippen molar-refractivity contribution in [2.45, 2.75) is 45.6 Å². The van der Waals surface area contributed by atoms with Gasteiger partial charge in [-0.25, -0.2) is 0 Å². The van der Waals surface area contributed by atoms with Gasteiger partial charge in [-0.3, -0.25) is 9.59 Å². The number of para-hydroxylation sites is 1. The zero-order chi connectivity index (χ0) is 29.3. The topological polar surface area (TPSA) is 81.4 Å². The molecule has 1 amide bonds. The van der Waals surface area contributed by atoms with E-state index in [1.165, 1.54) is 26.8 Å². The molecule has 0 heterocycles. The highest BCUT2D eigenvalue weighted by Gasteiger charge is 2.33. The third-order valence-corrected chi connectivity index (χ3v) is 8.55. The average Bonchev–Trinajstić information content (AvgIpc) is 3.03. The maximum Gasteiger partial charge on any atom is 0.241 e. The molecular formula is C37H36N2O3. The zero-order valence-electron chi connectivity index (χ0n) is 24.2. The Kier molecular flexibility index (Phi) is 7.53. The fraction of sp³-hybridized carbons (Fsp3) is 0.243. The van der Waals surface area contributed by atoms with Crippen molar-refractivity contribution in [2.75, 3.05) is 11.9 Å². The number of rotatable bonds is 8. The first kappa shape index (κ1) is 27.7. The Morgan fingerprint density at radius 3 is 2.33 bits per heavy atom. The maximum absolute atomic E-state index is 13.7. The molecule has 0 bridgehead atoms. The highest BCUT2D eigenvalue weighted by molar-refractivity contribution is 6.24. The Morgan fingerprint density at radius 1 is 0.833 bits per heavy atom. The number of nitrogens with one attached hydrogen (secondary N) is 1. The molecule has 5 heteroatoms. The Morgan fingerprint density at radius 2 is 1.55 bits per heavy atom. The van der Waals surface area contributed by atoms with Crippen LogP contribution in [0, 0.1) is 15.9 Å². The van der Waals surface area contributed by atoms with Crippen LogP contribution in [0.4, 0.5) is 5.69 Å². The van der Waals surface area contributed by atoms with Gasteiger partial charge in [0.15, 0.2) is 5.78 Å². The van der Waals surface area contributed by atoms with Crippen LogP contribution in [0.15, 0.2) is 91.0 Å². The minimum Gasteiger partial charge on any atom is -0.493 e. The van der Waals surface area contributed by atoms with Crippen molar-refractivity contribution >= 4 is 29.0 Å². The van der Waals surface area contributed by atoms with Crippen LogP contribution in [0.2, 0.25) is 0 Å². The number of carbonyl (C=O) groups excluding carboxylic acids is 2. The highest BCUT2D eigenvalue weighted by Crippen LogP contribution is 2.26. The third-order valence-electron chi connectivity index (χ3n) is 8.55. The van der Waals surface area contributed by atoms with Crippen molar-refractivity contribution in [3.05, 3.63) is 129 Å². The first-order valence-corrected chi connectivity index (χ1v) is 14.6. The largest absolute Gasteiger partial charge is 0.493 e. The molecule has 42 heavy (non-hydrogen) atoms. The van der Waals surface area contributed by atoms with E-state index in [1.807, 2.05) is 44.2 Å². The summed E-state index contributed by atoms with van der Waals surface area (Å²) in [6, 6.07) is 28.7. The lowest BCUT2D eigenvalue weighted by Gasteiger charge is -2.30. The molecule has 212 valence electrons. The first-order valence-electron chi connectivity index (χ1n) is 14.6. The summed E-state index contributed by atoms with van der Waals surface area (Å²) in [7, 11) is 0. The minimum atomic E-state index is -0.785. The summed E-state index contributed by atoms with van der Waals surface area (Å²) >= 11 is 0. The molecule has 0 saturated heterocycles. The van der Waals surface area contributed by atoms with Gasteiger partial charge in [0.2, 0.25) is 5.91 Å². The Bertz CT molecular complexity index is 1880. The van der Waals surface area contributed by atoms with Crippen LogP contribution >= 0.6 is 0 Å². The number of benzene rings is 4. The number of Topliss-reactive ketones (excluding diaryl/α,β-unsaturated/α-hetero) is 1. The molecule has 1 unspecified atom stereocenters. The van der Waals surface area contributed by atoms with Gasteiger partial charge in [-0.15, -0.1) is 0 Å². The van der Waals surface area contributed by atoms with Gasteiger partial charge < -0.3 is 15.8 Å². The third kappa shape index (κ3) is 5.40. The lowest BCUT2D eigenvalue weighted by molar-refractivity contribution is -0.120. The average molecular weight is 557 g/mol. The number of fused-ring (bicyclic) bond motifs is 4. The lowest BCUT2D eigenvalue weighted by Crippen LogP contribution is -2.49. The van der Waals surface area contributed by atoms with E-state index in [9.17, 15) is 9.59 Å². The van der Waals surface area contributed by atoms with Gasteiger partial charge in [0.05, 0.1) is 12.6 Å². The predicted molar refractivity (Wildman–Crippen MR) is 167 cm³/mol. The van der Waals surface area contributed by atoms with Gasteiger partial charge in [0.25, 0.3) is 0 Å². The number of hydrogen-bond donors (Lipinski definition) is 2. The van der Waals surface area contributed by atoms with E-state index in [-0.39, 0.29) is 11.7 Å². The molecule has 0 aliphatic heterocycles. The van der Waals surface area contributed by atoms with Crippen LogP contribution in [0.25, 0.3) is 11.6 Å². The van der Waals surface area contributed by atoms with Crippen LogP contribution in [0.5, 0.6) is 5.75 Å². The van der Waals surface area contributed by atoms with E-state index in [2.05, 4.69) is 47.8 Å². The molecule has 4 aromatic carbocycles. The molecule has 0 radical (unpaired) electrons. The molecule has 0 saturated carbocycles. The molecule has 0 spiro atoms. The number of hydrogen-bond acceptors (Lipinski definition) is 4. The molecule has 0 aromatic heterocycles. The van der Waals surface area contributed by atoms with Crippen LogP contribution in [0.3, 0.4) is 0 Å². The molecule has 6 rings (SSSR count). The van der Waals surface area contributed by atoms with Gasteiger partial charge in [-0.2, -0.15) is 0 Å². The van der Waals surface area contributed by atoms with Gasteiger partial charge in [0, 0.05) is 22.2 Å². The normalized spacial score (nSPS) is 14.5. The van der Waals surface area contributed by atoms with Gasteiger partial charge in [-0.05, 0) is 94.1 Å². The van der Waals surface area contributed by atoms with Crippen LogP contribution in [-0.4, -0.2) is 24.3 Å². The number of amides is 1. The van der Waals surface area contributed by atoms with Gasteiger partial charge in [0.1, 0.15) is 5.75 Å². The molecular weight excluding hydrogens is 520 g/mol. The predicted octanol–water partition coefficient (Wildman–Crippen LogP) is 5.05. The van der Waals surface area contributed by atoms with Crippen molar-refractivity contribution in [1.82, 2.24) is 0 Å². The van der Waals surface area contributed by atoms with Crippen molar-refractivity contribution < 1.29 is 14.3 Å². The first-order chi connectivity index (χ1) is 20.3. The van der Waals surface area contributed by atoms with E-state index in [1.54, 1.807) is 24.3 Å². The smallest absolute Gasteiger partial charge is 0.241 e. The minimum absolute atomic E-state index is 0.0462. The molecule has 1 atom stereocenters. The zero-order valence-corrected chi connectivity index (χ0v) is 24.2. The maximum atomic E-state index is 13.7. The van der Waals surface area contributed by atoms with E-state index in [0.717, 1.165) is 42.2 Å². The lowest BCUT2D eigenvalue weighted by atomic mass is 9.83. The molecule has 3 N–H and O–H groups in total. The molecule has 2 aliphatic rings. The SMILES string of the molecule is CC(C)(COc1ccccc1)C(N)C(=O)Nc1ccc(C(=O)C2=c3ccc4c(c3CCC2)CC=c2ccccc2=4)cc1. The number of ketones is 1.